The molecule has 176 valence electrons. The van der Waals surface area contributed by atoms with Crippen LogP contribution in [0, 0.1) is 6.92 Å². The van der Waals surface area contributed by atoms with Crippen LogP contribution >= 0.6 is 0 Å². The first kappa shape index (κ1) is 21.9. The number of carbonyl (C=O) groups excluding carboxylic acids is 1. The second-order valence-electron chi connectivity index (χ2n) is 10.2. The number of para-hydroxylation sites is 1. The molecular formula is C27H34N2O4. The minimum absolute atomic E-state index is 0.228. The molecule has 0 bridgehead atoms. The van der Waals surface area contributed by atoms with Crippen LogP contribution in [0.1, 0.15) is 48.6 Å². The lowest BCUT2D eigenvalue weighted by Gasteiger charge is -2.34. The Morgan fingerprint density at radius 3 is 2.67 bits per heavy atom. The van der Waals surface area contributed by atoms with Crippen LogP contribution in [-0.2, 0) is 30.5 Å². The van der Waals surface area contributed by atoms with E-state index in [0.29, 0.717) is 19.7 Å². The lowest BCUT2D eigenvalue weighted by molar-refractivity contribution is 0.0258. The Morgan fingerprint density at radius 2 is 1.85 bits per heavy atom. The minimum Gasteiger partial charge on any atom is -0.493 e. The van der Waals surface area contributed by atoms with Gasteiger partial charge in [-0.15, -0.1) is 0 Å². The van der Waals surface area contributed by atoms with Crippen LogP contribution in [0.5, 0.6) is 11.5 Å². The van der Waals surface area contributed by atoms with E-state index in [1.807, 2.05) is 25.7 Å². The van der Waals surface area contributed by atoms with E-state index >= 15 is 0 Å². The highest BCUT2D eigenvalue weighted by Crippen LogP contribution is 2.41. The number of ether oxygens (including phenoxy) is 3. The van der Waals surface area contributed by atoms with E-state index in [9.17, 15) is 4.79 Å². The monoisotopic (exact) mass is 450 g/mol. The quantitative estimate of drug-likeness (QED) is 0.666. The molecule has 0 unspecified atom stereocenters. The van der Waals surface area contributed by atoms with Gasteiger partial charge in [-0.1, -0.05) is 18.2 Å². The van der Waals surface area contributed by atoms with Crippen molar-refractivity contribution in [2.45, 2.75) is 59.1 Å². The third-order valence-corrected chi connectivity index (χ3v) is 6.76. The molecule has 1 amide bonds. The summed E-state index contributed by atoms with van der Waals surface area (Å²) in [4.78, 5) is 16.9. The first-order valence-electron chi connectivity index (χ1n) is 12.0. The third-order valence-electron chi connectivity index (χ3n) is 6.76. The average Bonchev–Trinajstić information content (AvgIpc) is 3.13. The molecule has 0 aromatic heterocycles. The fraction of sp³-hybridized carbons (Fsp3) is 0.519. The van der Waals surface area contributed by atoms with Crippen LogP contribution in [0.15, 0.2) is 24.3 Å². The largest absolute Gasteiger partial charge is 0.493 e. The highest BCUT2D eigenvalue weighted by Gasteiger charge is 2.29. The number of amides is 1. The summed E-state index contributed by atoms with van der Waals surface area (Å²) in [6, 6.07) is 8.69. The summed E-state index contributed by atoms with van der Waals surface area (Å²) in [6.45, 7) is 12.4. The maximum atomic E-state index is 12.7. The minimum atomic E-state index is -0.485. The highest BCUT2D eigenvalue weighted by molar-refractivity contribution is 5.71. The van der Waals surface area contributed by atoms with Gasteiger partial charge in [0.05, 0.1) is 18.8 Å². The zero-order valence-corrected chi connectivity index (χ0v) is 20.2. The number of fused-ring (bicyclic) bond motifs is 3. The van der Waals surface area contributed by atoms with E-state index in [4.69, 9.17) is 14.2 Å². The van der Waals surface area contributed by atoms with Crippen LogP contribution in [-0.4, -0.2) is 49.4 Å². The molecular weight excluding hydrogens is 416 g/mol. The Kier molecular flexibility index (Phi) is 5.63. The average molecular weight is 451 g/mol. The number of nitrogens with zero attached hydrogens (tertiary/aromatic N) is 2. The Bertz CT molecular complexity index is 1070. The molecule has 0 radical (unpaired) electrons. The van der Waals surface area contributed by atoms with Gasteiger partial charge in [0, 0.05) is 31.6 Å². The van der Waals surface area contributed by atoms with Gasteiger partial charge in [0.1, 0.15) is 23.7 Å². The van der Waals surface area contributed by atoms with Gasteiger partial charge in [0.15, 0.2) is 0 Å². The molecule has 0 N–H and O–H groups in total. The molecule has 3 heterocycles. The lowest BCUT2D eigenvalue weighted by atomic mass is 9.94. The number of hydrogen-bond acceptors (Lipinski definition) is 5. The van der Waals surface area contributed by atoms with Crippen LogP contribution in [0.25, 0.3) is 0 Å². The normalized spacial score (nSPS) is 17.3. The van der Waals surface area contributed by atoms with Crippen molar-refractivity contribution in [3.8, 4) is 11.5 Å². The molecule has 6 nitrogen and oxygen atoms in total. The zero-order chi connectivity index (χ0) is 23.2. The third kappa shape index (κ3) is 4.35. The number of hydrogen-bond donors (Lipinski definition) is 0. The van der Waals surface area contributed by atoms with Crippen LogP contribution in [0.3, 0.4) is 0 Å². The number of anilines is 1. The summed E-state index contributed by atoms with van der Waals surface area (Å²) in [5, 5.41) is 0. The molecule has 0 spiro atoms. The van der Waals surface area contributed by atoms with E-state index in [-0.39, 0.29) is 6.09 Å². The summed E-state index contributed by atoms with van der Waals surface area (Å²) >= 11 is 0. The van der Waals surface area contributed by atoms with E-state index in [1.165, 1.54) is 33.5 Å². The van der Waals surface area contributed by atoms with Gasteiger partial charge < -0.3 is 24.0 Å². The smallest absolute Gasteiger partial charge is 0.410 e. The SMILES string of the molecule is Cc1c2c(cc3c1N(Cc1cccc4c1OCC4)CCO3)CCN(C(=O)OC(C)(C)C)CC2. The van der Waals surface area contributed by atoms with E-state index in [0.717, 1.165) is 50.5 Å². The zero-order valence-electron chi connectivity index (χ0n) is 20.2. The van der Waals surface area contributed by atoms with Crippen LogP contribution < -0.4 is 14.4 Å². The highest BCUT2D eigenvalue weighted by atomic mass is 16.6. The maximum absolute atomic E-state index is 12.7. The molecule has 0 saturated carbocycles. The molecule has 2 aromatic carbocycles. The number of rotatable bonds is 2. The van der Waals surface area contributed by atoms with Gasteiger partial charge in [-0.25, -0.2) is 4.79 Å². The molecule has 0 aliphatic carbocycles. The summed E-state index contributed by atoms with van der Waals surface area (Å²) in [6.07, 6.45) is 2.40. The second kappa shape index (κ2) is 8.47. The fourth-order valence-electron chi connectivity index (χ4n) is 5.23. The molecule has 0 atom stereocenters. The number of carbonyl (C=O) groups is 1. The molecule has 5 rings (SSSR count). The Morgan fingerprint density at radius 1 is 1.03 bits per heavy atom. The summed E-state index contributed by atoms with van der Waals surface area (Å²) < 4.78 is 17.7. The van der Waals surface area contributed by atoms with E-state index in [1.54, 1.807) is 0 Å². The summed E-state index contributed by atoms with van der Waals surface area (Å²) in [7, 11) is 0. The van der Waals surface area contributed by atoms with Gasteiger partial charge in [0.25, 0.3) is 0 Å². The molecule has 0 fully saturated rings. The van der Waals surface area contributed by atoms with Crippen LogP contribution in [0.2, 0.25) is 0 Å². The molecule has 0 saturated heterocycles. The Hall–Kier alpha value is -2.89. The predicted molar refractivity (Wildman–Crippen MR) is 129 cm³/mol. The van der Waals surface area contributed by atoms with Gasteiger partial charge in [-0.3, -0.25) is 0 Å². The van der Waals surface area contributed by atoms with Crippen molar-refractivity contribution in [1.82, 2.24) is 4.90 Å². The topological polar surface area (TPSA) is 51.2 Å². The Labute approximate surface area is 196 Å². The second-order valence-corrected chi connectivity index (χ2v) is 10.2. The fourth-order valence-corrected chi connectivity index (χ4v) is 5.23. The van der Waals surface area contributed by atoms with E-state index < -0.39 is 5.60 Å². The van der Waals surface area contributed by atoms with Gasteiger partial charge >= 0.3 is 6.09 Å². The van der Waals surface area contributed by atoms with Gasteiger partial charge in [-0.2, -0.15) is 0 Å². The first-order chi connectivity index (χ1) is 15.8. The molecule has 33 heavy (non-hydrogen) atoms. The molecule has 3 aliphatic heterocycles. The molecule has 3 aliphatic rings. The van der Waals surface area contributed by atoms with Crippen molar-refractivity contribution < 1.29 is 19.0 Å². The predicted octanol–water partition coefficient (Wildman–Crippen LogP) is 4.66. The van der Waals surface area contributed by atoms with Crippen molar-refractivity contribution in [1.29, 1.82) is 0 Å². The molecule has 6 heteroatoms. The first-order valence-corrected chi connectivity index (χ1v) is 12.0. The van der Waals surface area contributed by atoms with Gasteiger partial charge in [0.2, 0.25) is 0 Å². The number of benzene rings is 2. The van der Waals surface area contributed by atoms with Crippen molar-refractivity contribution in [3.63, 3.8) is 0 Å². The molecule has 2 aromatic rings. The van der Waals surface area contributed by atoms with Crippen molar-refractivity contribution >= 4 is 11.8 Å². The maximum Gasteiger partial charge on any atom is 0.410 e. The van der Waals surface area contributed by atoms with Crippen molar-refractivity contribution in [2.75, 3.05) is 37.7 Å². The summed E-state index contributed by atoms with van der Waals surface area (Å²) in [5.41, 5.74) is 7.13. The Balaban J connectivity index is 1.41. The van der Waals surface area contributed by atoms with Crippen molar-refractivity contribution in [2.24, 2.45) is 0 Å². The standard InChI is InChI=1S/C27H34N2O4/c1-18-22-9-12-28(26(30)33-27(2,3)4)11-8-20(22)16-23-24(18)29(13-15-31-23)17-21-7-5-6-19-10-14-32-25(19)21/h5-7,16H,8-15,17H2,1-4H3. The summed E-state index contributed by atoms with van der Waals surface area (Å²) in [5.74, 6) is 2.02. The van der Waals surface area contributed by atoms with Crippen molar-refractivity contribution in [3.05, 3.63) is 52.1 Å². The lowest BCUT2D eigenvalue weighted by Crippen LogP contribution is -2.38. The van der Waals surface area contributed by atoms with E-state index in [2.05, 4.69) is 36.1 Å². The van der Waals surface area contributed by atoms with Crippen LogP contribution in [0.4, 0.5) is 10.5 Å². The van der Waals surface area contributed by atoms with Gasteiger partial charge in [-0.05, 0) is 68.9 Å².